The van der Waals surface area contributed by atoms with Gasteiger partial charge in [0.15, 0.2) is 0 Å². The van der Waals surface area contributed by atoms with E-state index in [9.17, 15) is 7.77 Å². The minimum atomic E-state index is -5.67. The molecule has 0 aromatic heterocycles. The minimum absolute atomic E-state index is 0.598. The maximum Gasteiger partial charge on any atom is 0.476 e. The predicted octanol–water partition coefficient (Wildman–Crippen LogP) is 2.56. The van der Waals surface area contributed by atoms with Crippen molar-refractivity contribution in [3.8, 4) is 0 Å². The molecule has 3 nitrogen and oxygen atoms in total. The fourth-order valence-electron chi connectivity index (χ4n) is 0.881. The highest BCUT2D eigenvalue weighted by molar-refractivity contribution is 7.81. The van der Waals surface area contributed by atoms with Crippen molar-refractivity contribution in [3.63, 3.8) is 0 Å². The molecule has 0 saturated carbocycles. The van der Waals surface area contributed by atoms with Crippen molar-refractivity contribution in [1.82, 2.24) is 0 Å². The maximum atomic E-state index is 9.99. The second kappa shape index (κ2) is 5.65. The van der Waals surface area contributed by atoms with Crippen LogP contribution in [0.3, 0.4) is 0 Å². The minimum Gasteiger partial charge on any atom is -0.399 e. The van der Waals surface area contributed by atoms with Crippen LogP contribution in [-0.4, -0.2) is 8.42 Å². The first-order chi connectivity index (χ1) is 6.70. The first-order valence-corrected chi connectivity index (χ1v) is 5.48. The molecule has 0 fully saturated rings. The van der Waals surface area contributed by atoms with E-state index in [1.165, 1.54) is 5.56 Å². The second-order valence-electron chi connectivity index (χ2n) is 3.20. The summed E-state index contributed by atoms with van der Waals surface area (Å²) in [5.74, 6) is 0.598. The van der Waals surface area contributed by atoms with Crippen LogP contribution in [0.4, 0.5) is 13.5 Å². The van der Waals surface area contributed by atoms with Crippen LogP contribution >= 0.6 is 0 Å². The summed E-state index contributed by atoms with van der Waals surface area (Å²) in [6, 6.07) is 8.02. The molecule has 0 aliphatic rings. The molecule has 1 aromatic carbocycles. The van der Waals surface area contributed by atoms with Gasteiger partial charge in [-0.1, -0.05) is 33.8 Å². The molecule has 1 rings (SSSR count). The van der Waals surface area contributed by atoms with E-state index in [0.717, 1.165) is 5.69 Å². The summed E-state index contributed by atoms with van der Waals surface area (Å²) in [5.41, 5.74) is 7.71. The molecule has 1 aromatic rings. The lowest BCUT2D eigenvalue weighted by molar-refractivity contribution is 0.501. The summed E-state index contributed by atoms with van der Waals surface area (Å²) in [7, 11) is -5.67. The van der Waals surface area contributed by atoms with Crippen LogP contribution in [0.1, 0.15) is 25.3 Å². The summed E-state index contributed by atoms with van der Waals surface area (Å²) < 4.78 is 36.6. The second-order valence-corrected chi connectivity index (χ2v) is 3.96. The average Bonchev–Trinajstić information content (AvgIpc) is 2.01. The number of hydrogen-bond acceptors (Lipinski definition) is 3. The van der Waals surface area contributed by atoms with E-state index in [1.54, 1.807) is 0 Å². The molecule has 0 aliphatic carbocycles. The van der Waals surface area contributed by atoms with Crippen LogP contribution in [0.15, 0.2) is 24.3 Å². The number of nitrogens with two attached hydrogens (primary N) is 1. The Labute approximate surface area is 88.4 Å². The van der Waals surface area contributed by atoms with Crippen molar-refractivity contribution in [1.29, 1.82) is 0 Å². The van der Waals surface area contributed by atoms with Crippen molar-refractivity contribution in [2.45, 2.75) is 19.8 Å². The van der Waals surface area contributed by atoms with Crippen molar-refractivity contribution in [2.75, 3.05) is 5.73 Å². The molecule has 15 heavy (non-hydrogen) atoms. The van der Waals surface area contributed by atoms with E-state index in [0.29, 0.717) is 5.92 Å². The Balaban J connectivity index is 0.000000336. The van der Waals surface area contributed by atoms with Crippen LogP contribution in [-0.2, 0) is 10.6 Å². The molecule has 0 aliphatic heterocycles. The van der Waals surface area contributed by atoms with Gasteiger partial charge in [0.1, 0.15) is 0 Å². The first-order valence-electron chi connectivity index (χ1n) is 4.20. The van der Waals surface area contributed by atoms with Gasteiger partial charge < -0.3 is 5.73 Å². The fraction of sp³-hybridized carbons (Fsp3) is 0.333. The number of halogens is 2. The zero-order valence-corrected chi connectivity index (χ0v) is 9.26. The summed E-state index contributed by atoms with van der Waals surface area (Å²) in [4.78, 5) is 0. The molecule has 2 N–H and O–H groups in total. The maximum absolute atomic E-state index is 9.99. The van der Waals surface area contributed by atoms with Gasteiger partial charge in [0.25, 0.3) is 0 Å². The third-order valence-corrected chi connectivity index (χ3v) is 1.60. The standard InChI is InChI=1S/C9H13N.F2O2S/c1-7(2)8-3-5-9(10)6-4-8;1-5(2,3)4/h3-7H,10H2,1-2H3;. The molecule has 0 atom stereocenters. The van der Waals surface area contributed by atoms with Gasteiger partial charge >= 0.3 is 10.6 Å². The Bertz CT molecular complexity index is 379. The van der Waals surface area contributed by atoms with E-state index in [1.807, 2.05) is 12.1 Å². The molecular weight excluding hydrogens is 224 g/mol. The molecule has 0 saturated heterocycles. The van der Waals surface area contributed by atoms with E-state index in [-0.39, 0.29) is 0 Å². The van der Waals surface area contributed by atoms with Gasteiger partial charge in [-0.2, -0.15) is 8.42 Å². The number of hydrogen-bond donors (Lipinski definition) is 1. The molecule has 6 heteroatoms. The van der Waals surface area contributed by atoms with Gasteiger partial charge in [0.05, 0.1) is 0 Å². The lowest BCUT2D eigenvalue weighted by Crippen LogP contribution is -1.88. The SMILES string of the molecule is CC(C)c1ccc(N)cc1.O=S(=O)(F)F. The van der Waals surface area contributed by atoms with Crippen LogP contribution in [0.25, 0.3) is 0 Å². The molecular formula is C9H13F2NO2S. The summed E-state index contributed by atoms with van der Waals surface area (Å²) in [5, 5.41) is 0. The Kier molecular flexibility index (Phi) is 5.21. The average molecular weight is 237 g/mol. The Morgan fingerprint density at radius 1 is 1.13 bits per heavy atom. The third-order valence-electron chi connectivity index (χ3n) is 1.60. The van der Waals surface area contributed by atoms with Gasteiger partial charge in [0.2, 0.25) is 0 Å². The predicted molar refractivity (Wildman–Crippen MR) is 56.1 cm³/mol. The lowest BCUT2D eigenvalue weighted by Gasteiger charge is -2.03. The lowest BCUT2D eigenvalue weighted by atomic mass is 10.0. The van der Waals surface area contributed by atoms with Gasteiger partial charge in [-0.15, -0.1) is 0 Å². The van der Waals surface area contributed by atoms with Gasteiger partial charge in [0, 0.05) is 5.69 Å². The molecule has 0 radical (unpaired) electrons. The number of rotatable bonds is 1. The van der Waals surface area contributed by atoms with E-state index < -0.39 is 10.6 Å². The van der Waals surface area contributed by atoms with Gasteiger partial charge in [-0.05, 0) is 23.6 Å². The van der Waals surface area contributed by atoms with Crippen molar-refractivity contribution in [3.05, 3.63) is 29.8 Å². The Hall–Kier alpha value is -1.17. The Morgan fingerprint density at radius 2 is 1.47 bits per heavy atom. The number of benzene rings is 1. The first kappa shape index (κ1) is 13.8. The third kappa shape index (κ3) is 9.14. The summed E-state index contributed by atoms with van der Waals surface area (Å²) in [6.45, 7) is 4.34. The molecule has 0 bridgehead atoms. The zero-order valence-electron chi connectivity index (χ0n) is 8.44. The summed E-state index contributed by atoms with van der Waals surface area (Å²) >= 11 is 0. The smallest absolute Gasteiger partial charge is 0.399 e. The number of anilines is 1. The van der Waals surface area contributed by atoms with Crippen LogP contribution < -0.4 is 5.73 Å². The molecule has 0 unspecified atom stereocenters. The van der Waals surface area contributed by atoms with Gasteiger partial charge in [-0.25, -0.2) is 0 Å². The van der Waals surface area contributed by atoms with Crippen LogP contribution in [0.2, 0.25) is 0 Å². The highest BCUT2D eigenvalue weighted by Gasteiger charge is 1.95. The van der Waals surface area contributed by atoms with Crippen molar-refractivity contribution in [2.24, 2.45) is 0 Å². The van der Waals surface area contributed by atoms with Crippen LogP contribution in [0, 0.1) is 0 Å². The van der Waals surface area contributed by atoms with Crippen molar-refractivity contribution >= 4 is 16.3 Å². The van der Waals surface area contributed by atoms with E-state index in [4.69, 9.17) is 14.2 Å². The van der Waals surface area contributed by atoms with Gasteiger partial charge in [-0.3, -0.25) is 0 Å². The topological polar surface area (TPSA) is 60.2 Å². The fourth-order valence-corrected chi connectivity index (χ4v) is 0.881. The largest absolute Gasteiger partial charge is 0.476 e. The normalized spacial score (nSPS) is 10.7. The quantitative estimate of drug-likeness (QED) is 0.603. The highest BCUT2D eigenvalue weighted by atomic mass is 32.3. The molecule has 0 amide bonds. The molecule has 0 heterocycles. The monoisotopic (exact) mass is 237 g/mol. The number of nitrogen functional groups attached to an aromatic ring is 1. The van der Waals surface area contributed by atoms with Crippen molar-refractivity contribution < 1.29 is 16.2 Å². The molecule has 86 valence electrons. The molecule has 0 spiro atoms. The zero-order chi connectivity index (χ0) is 12.1. The highest BCUT2D eigenvalue weighted by Crippen LogP contribution is 2.14. The Morgan fingerprint density at radius 3 is 1.73 bits per heavy atom. The van der Waals surface area contributed by atoms with E-state index >= 15 is 0 Å². The van der Waals surface area contributed by atoms with Crippen LogP contribution in [0.5, 0.6) is 0 Å². The van der Waals surface area contributed by atoms with E-state index in [2.05, 4.69) is 26.0 Å². The summed E-state index contributed by atoms with van der Waals surface area (Å²) in [6.07, 6.45) is 0.